The highest BCUT2D eigenvalue weighted by atomic mass is 32.2. The molecule has 194 valence electrons. The van der Waals surface area contributed by atoms with Crippen molar-refractivity contribution in [1.82, 2.24) is 25.4 Å². The first-order valence-electron chi connectivity index (χ1n) is 11.9. The second kappa shape index (κ2) is 9.49. The summed E-state index contributed by atoms with van der Waals surface area (Å²) in [5.41, 5.74) is 2.14. The maximum Gasteiger partial charge on any atom is 0.245 e. The molecule has 0 saturated heterocycles. The number of nitrogens with zero attached hydrogens (tertiary/aromatic N) is 3. The fourth-order valence-corrected chi connectivity index (χ4v) is 6.90. The largest absolute Gasteiger partial charge is 0.352 e. The summed E-state index contributed by atoms with van der Waals surface area (Å²) in [7, 11) is -2.20. The average molecular weight is 544 g/mol. The summed E-state index contributed by atoms with van der Waals surface area (Å²) in [5, 5.41) is 7.75. The SMILES string of the molecule is CC(C)S(=O)(=O)C(C(=O)NCC(=O)NC1CC1)c1nc2cc(-c3cccc4c3cnn4C)c(F)cc2s1. The monoisotopic (exact) mass is 543 g/mol. The molecule has 1 aliphatic carbocycles. The van der Waals surface area contributed by atoms with Crippen LogP contribution in [0, 0.1) is 5.82 Å². The molecule has 1 unspecified atom stereocenters. The van der Waals surface area contributed by atoms with Crippen LogP contribution in [0.5, 0.6) is 0 Å². The number of hydrogen-bond acceptors (Lipinski definition) is 7. The fraction of sp³-hybridized carbons (Fsp3) is 0.360. The van der Waals surface area contributed by atoms with Gasteiger partial charge in [-0.25, -0.2) is 17.8 Å². The van der Waals surface area contributed by atoms with Crippen LogP contribution in [-0.2, 0) is 26.5 Å². The molecule has 1 atom stereocenters. The Morgan fingerprint density at radius 3 is 2.68 bits per heavy atom. The summed E-state index contributed by atoms with van der Waals surface area (Å²) in [5.74, 6) is -1.71. The van der Waals surface area contributed by atoms with Crippen molar-refractivity contribution in [2.75, 3.05) is 6.54 Å². The van der Waals surface area contributed by atoms with Crippen LogP contribution in [-0.4, -0.2) is 52.8 Å². The predicted molar refractivity (Wildman–Crippen MR) is 140 cm³/mol. The zero-order valence-corrected chi connectivity index (χ0v) is 22.1. The Morgan fingerprint density at radius 1 is 1.22 bits per heavy atom. The molecule has 5 rings (SSSR count). The number of aryl methyl sites for hydroxylation is 1. The topological polar surface area (TPSA) is 123 Å². The Bertz CT molecular complexity index is 1640. The molecule has 12 heteroatoms. The van der Waals surface area contributed by atoms with Gasteiger partial charge in [0.1, 0.15) is 10.8 Å². The Morgan fingerprint density at radius 2 is 1.97 bits per heavy atom. The molecule has 1 saturated carbocycles. The van der Waals surface area contributed by atoms with Crippen LogP contribution >= 0.6 is 11.3 Å². The molecular weight excluding hydrogens is 517 g/mol. The number of fused-ring (bicyclic) bond motifs is 2. The third-order valence-electron chi connectivity index (χ3n) is 6.39. The molecule has 2 heterocycles. The lowest BCUT2D eigenvalue weighted by Crippen LogP contribution is -2.42. The van der Waals surface area contributed by atoms with E-state index in [-0.39, 0.29) is 23.5 Å². The van der Waals surface area contributed by atoms with E-state index >= 15 is 4.39 Å². The van der Waals surface area contributed by atoms with Crippen molar-refractivity contribution in [2.45, 2.75) is 43.2 Å². The Kier molecular flexibility index (Phi) is 6.48. The minimum absolute atomic E-state index is 0.0277. The lowest BCUT2D eigenvalue weighted by atomic mass is 10.0. The van der Waals surface area contributed by atoms with Gasteiger partial charge in [0.25, 0.3) is 0 Å². The Balaban J connectivity index is 1.52. The number of benzene rings is 2. The van der Waals surface area contributed by atoms with Crippen molar-refractivity contribution in [2.24, 2.45) is 7.05 Å². The minimum Gasteiger partial charge on any atom is -0.352 e. The number of halogens is 1. The third kappa shape index (κ3) is 4.82. The van der Waals surface area contributed by atoms with E-state index in [4.69, 9.17) is 0 Å². The zero-order valence-electron chi connectivity index (χ0n) is 20.5. The molecule has 0 spiro atoms. The molecule has 4 aromatic rings. The summed E-state index contributed by atoms with van der Waals surface area (Å²) in [6.45, 7) is 2.63. The first-order valence-corrected chi connectivity index (χ1v) is 14.3. The summed E-state index contributed by atoms with van der Waals surface area (Å²) >= 11 is 0.951. The number of nitrogens with one attached hydrogen (secondary N) is 2. The van der Waals surface area contributed by atoms with Gasteiger partial charge in [0.2, 0.25) is 11.8 Å². The maximum atomic E-state index is 15.3. The summed E-state index contributed by atoms with van der Waals surface area (Å²) in [6.07, 6.45) is 3.45. The number of sulfone groups is 1. The average Bonchev–Trinajstić information content (AvgIpc) is 3.44. The molecular formula is C25H26FN5O4S2. The highest BCUT2D eigenvalue weighted by Crippen LogP contribution is 2.37. The van der Waals surface area contributed by atoms with E-state index in [9.17, 15) is 18.0 Å². The lowest BCUT2D eigenvalue weighted by molar-refractivity contribution is -0.126. The summed E-state index contributed by atoms with van der Waals surface area (Å²) < 4.78 is 43.8. The highest BCUT2D eigenvalue weighted by Gasteiger charge is 2.39. The van der Waals surface area contributed by atoms with Crippen molar-refractivity contribution in [3.63, 3.8) is 0 Å². The van der Waals surface area contributed by atoms with Crippen molar-refractivity contribution < 1.29 is 22.4 Å². The fourth-order valence-electron chi connectivity index (χ4n) is 4.14. The van der Waals surface area contributed by atoms with Gasteiger partial charge in [0.05, 0.1) is 33.7 Å². The molecule has 1 fully saturated rings. The van der Waals surface area contributed by atoms with E-state index in [1.807, 2.05) is 12.1 Å². The van der Waals surface area contributed by atoms with Gasteiger partial charge < -0.3 is 10.6 Å². The number of rotatable bonds is 8. The molecule has 2 N–H and O–H groups in total. The van der Waals surface area contributed by atoms with E-state index in [1.54, 1.807) is 30.1 Å². The predicted octanol–water partition coefficient (Wildman–Crippen LogP) is 3.25. The number of amides is 2. The van der Waals surface area contributed by atoms with E-state index in [0.29, 0.717) is 21.3 Å². The Labute approximate surface area is 217 Å². The standard InChI is InChI=1S/C25H26FN5O4S2/c1-13(2)37(34,35)23(24(33)27-12-22(32)29-14-7-8-14)25-30-19-9-16(18(26)10-21(19)36-25)15-5-4-6-20-17(15)11-28-31(20)3/h4-6,9-11,13-14,23H,7-8,12H2,1-3H3,(H,27,33)(H,29,32). The van der Waals surface area contributed by atoms with Gasteiger partial charge in [0, 0.05) is 24.0 Å². The van der Waals surface area contributed by atoms with Crippen molar-refractivity contribution in [3.05, 3.63) is 47.4 Å². The number of carbonyl (C=O) groups excluding carboxylic acids is 2. The van der Waals surface area contributed by atoms with Crippen LogP contribution < -0.4 is 10.6 Å². The third-order valence-corrected chi connectivity index (χ3v) is 10.0. The first-order chi connectivity index (χ1) is 17.6. The van der Waals surface area contributed by atoms with E-state index in [0.717, 1.165) is 35.1 Å². The normalized spacial score (nSPS) is 14.8. The van der Waals surface area contributed by atoms with Crippen molar-refractivity contribution >= 4 is 54.1 Å². The van der Waals surface area contributed by atoms with Crippen LogP contribution in [0.4, 0.5) is 4.39 Å². The number of thiazole rings is 1. The molecule has 2 amide bonds. The summed E-state index contributed by atoms with van der Waals surface area (Å²) in [4.78, 5) is 29.6. The van der Waals surface area contributed by atoms with Crippen LogP contribution in [0.15, 0.2) is 36.5 Å². The molecule has 2 aromatic heterocycles. The van der Waals surface area contributed by atoms with Gasteiger partial charge in [-0.15, -0.1) is 11.3 Å². The van der Waals surface area contributed by atoms with E-state index < -0.39 is 32.1 Å². The molecule has 2 aromatic carbocycles. The lowest BCUT2D eigenvalue weighted by Gasteiger charge is -2.17. The van der Waals surface area contributed by atoms with Crippen molar-refractivity contribution in [3.8, 4) is 11.1 Å². The van der Waals surface area contributed by atoms with Crippen molar-refractivity contribution in [1.29, 1.82) is 0 Å². The van der Waals surface area contributed by atoms with Crippen LogP contribution in [0.1, 0.15) is 36.9 Å². The smallest absolute Gasteiger partial charge is 0.245 e. The molecule has 0 aliphatic heterocycles. The second-order valence-electron chi connectivity index (χ2n) is 9.44. The second-order valence-corrected chi connectivity index (χ2v) is 13.1. The van der Waals surface area contributed by atoms with Gasteiger partial charge in [-0.2, -0.15) is 5.10 Å². The van der Waals surface area contributed by atoms with Gasteiger partial charge in [-0.05, 0) is 50.5 Å². The first kappa shape index (κ1) is 25.3. The highest BCUT2D eigenvalue weighted by molar-refractivity contribution is 7.93. The molecule has 0 bridgehead atoms. The van der Waals surface area contributed by atoms with Gasteiger partial charge in [0.15, 0.2) is 15.1 Å². The quantitative estimate of drug-likeness (QED) is 0.352. The molecule has 9 nitrogen and oxygen atoms in total. The summed E-state index contributed by atoms with van der Waals surface area (Å²) in [6, 6.07) is 8.46. The van der Waals surface area contributed by atoms with E-state index in [1.165, 1.54) is 19.9 Å². The van der Waals surface area contributed by atoms with Gasteiger partial charge >= 0.3 is 0 Å². The zero-order chi connectivity index (χ0) is 26.5. The maximum absolute atomic E-state index is 15.3. The number of hydrogen-bond donors (Lipinski definition) is 2. The number of carbonyl (C=O) groups is 2. The number of aromatic nitrogens is 3. The molecule has 37 heavy (non-hydrogen) atoms. The molecule has 1 aliphatic rings. The minimum atomic E-state index is -4.00. The van der Waals surface area contributed by atoms with E-state index in [2.05, 4.69) is 20.7 Å². The van der Waals surface area contributed by atoms with Crippen LogP contribution in [0.2, 0.25) is 0 Å². The Hall–Kier alpha value is -3.38. The van der Waals surface area contributed by atoms with Gasteiger partial charge in [-0.1, -0.05) is 12.1 Å². The molecule has 0 radical (unpaired) electrons. The van der Waals surface area contributed by atoms with Crippen LogP contribution in [0.25, 0.3) is 32.2 Å². The van der Waals surface area contributed by atoms with Crippen LogP contribution in [0.3, 0.4) is 0 Å². The van der Waals surface area contributed by atoms with Gasteiger partial charge in [-0.3, -0.25) is 14.3 Å².